The van der Waals surface area contributed by atoms with Gasteiger partial charge in [-0.2, -0.15) is 4.68 Å². The van der Waals surface area contributed by atoms with E-state index in [9.17, 15) is 4.79 Å². The number of hydrogen-bond donors (Lipinski definition) is 1. The summed E-state index contributed by atoms with van der Waals surface area (Å²) in [5, 5.41) is 14.7. The normalized spacial score (nSPS) is 10.9. The number of ether oxygens (including phenoxy) is 1. The van der Waals surface area contributed by atoms with Gasteiger partial charge in [0, 0.05) is 0 Å². The van der Waals surface area contributed by atoms with Crippen molar-refractivity contribution < 1.29 is 14.2 Å². The molecule has 0 unspecified atom stereocenters. The summed E-state index contributed by atoms with van der Waals surface area (Å²) in [6.45, 7) is 5.37. The van der Waals surface area contributed by atoms with Gasteiger partial charge in [0.1, 0.15) is 0 Å². The third-order valence-corrected chi connectivity index (χ3v) is 2.33. The third-order valence-electron chi connectivity index (χ3n) is 2.33. The number of anilines is 1. The van der Waals surface area contributed by atoms with Crippen LogP contribution in [0.5, 0.6) is 0 Å². The fraction of sp³-hybridized carbons (Fsp3) is 0.500. The molecule has 0 spiro atoms. The van der Waals surface area contributed by atoms with E-state index in [1.165, 1.54) is 4.68 Å². The maximum absolute atomic E-state index is 11.9. The second-order valence-corrected chi connectivity index (χ2v) is 4.08. The number of nitrogens with zero attached hydrogens (tertiary/aromatic N) is 5. The van der Waals surface area contributed by atoms with Crippen LogP contribution in [-0.2, 0) is 11.2 Å². The van der Waals surface area contributed by atoms with E-state index in [2.05, 4.69) is 25.3 Å². The van der Waals surface area contributed by atoms with E-state index < -0.39 is 5.97 Å². The lowest BCUT2D eigenvalue weighted by Gasteiger charge is -2.06. The molecule has 0 aliphatic rings. The molecule has 2 aromatic heterocycles. The van der Waals surface area contributed by atoms with Crippen molar-refractivity contribution >= 4 is 11.8 Å². The molecule has 2 N–H and O–H groups in total. The van der Waals surface area contributed by atoms with Crippen molar-refractivity contribution in [3.8, 4) is 5.82 Å². The molecule has 9 nitrogen and oxygen atoms in total. The quantitative estimate of drug-likeness (QED) is 0.787. The van der Waals surface area contributed by atoms with Crippen LogP contribution in [0.4, 0.5) is 5.82 Å². The second kappa shape index (κ2) is 5.04. The number of aromatic nitrogens is 5. The van der Waals surface area contributed by atoms with Gasteiger partial charge in [-0.05, 0) is 30.6 Å². The monoisotopic (exact) mass is 266 g/mol. The van der Waals surface area contributed by atoms with E-state index in [1.807, 2.05) is 6.92 Å². The Labute approximate surface area is 108 Å². The third kappa shape index (κ3) is 2.39. The summed E-state index contributed by atoms with van der Waals surface area (Å²) in [7, 11) is 0. The molecule has 102 valence electrons. The highest BCUT2D eigenvalue weighted by atomic mass is 16.6. The molecule has 0 saturated carbocycles. The standard InChI is InChI=1S/C10H14N6O3/c1-4-6-7(10(17)18-5(2)3)12-15-16(6)9-8(11)13-19-14-9/h5H,4H2,1-3H3,(H2,11,13). The van der Waals surface area contributed by atoms with Crippen LogP contribution in [0.1, 0.15) is 37.0 Å². The molecule has 0 saturated heterocycles. The average molecular weight is 266 g/mol. The molecule has 0 amide bonds. The average Bonchev–Trinajstić information content (AvgIpc) is 2.92. The largest absolute Gasteiger partial charge is 0.458 e. The first-order chi connectivity index (χ1) is 9.04. The Kier molecular flexibility index (Phi) is 3.45. The lowest BCUT2D eigenvalue weighted by molar-refractivity contribution is 0.0369. The summed E-state index contributed by atoms with van der Waals surface area (Å²) in [6.07, 6.45) is 0.267. The highest BCUT2D eigenvalue weighted by Gasteiger charge is 2.24. The van der Waals surface area contributed by atoms with Gasteiger partial charge in [0.2, 0.25) is 11.6 Å². The summed E-state index contributed by atoms with van der Waals surface area (Å²) in [4.78, 5) is 11.9. The van der Waals surface area contributed by atoms with Crippen molar-refractivity contribution in [3.05, 3.63) is 11.4 Å². The van der Waals surface area contributed by atoms with E-state index in [0.717, 1.165) is 0 Å². The molecular formula is C10H14N6O3. The van der Waals surface area contributed by atoms with Crippen molar-refractivity contribution in [2.45, 2.75) is 33.3 Å². The number of rotatable bonds is 4. The van der Waals surface area contributed by atoms with Gasteiger partial charge in [0.05, 0.1) is 11.8 Å². The first-order valence-electron chi connectivity index (χ1n) is 5.78. The lowest BCUT2D eigenvalue weighted by atomic mass is 10.2. The van der Waals surface area contributed by atoms with Crippen LogP contribution in [0.3, 0.4) is 0 Å². The Morgan fingerprint density at radius 2 is 2.21 bits per heavy atom. The first kappa shape index (κ1) is 13.0. The van der Waals surface area contributed by atoms with Crippen LogP contribution in [0.2, 0.25) is 0 Å². The lowest BCUT2D eigenvalue weighted by Crippen LogP contribution is -2.14. The van der Waals surface area contributed by atoms with E-state index in [0.29, 0.717) is 12.1 Å². The van der Waals surface area contributed by atoms with Crippen LogP contribution in [-0.4, -0.2) is 37.4 Å². The molecule has 0 atom stereocenters. The predicted molar refractivity (Wildman–Crippen MR) is 63.6 cm³/mol. The molecule has 0 bridgehead atoms. The molecule has 2 heterocycles. The van der Waals surface area contributed by atoms with Crippen molar-refractivity contribution in [3.63, 3.8) is 0 Å². The smallest absolute Gasteiger partial charge is 0.361 e. The maximum atomic E-state index is 11.9. The highest BCUT2D eigenvalue weighted by Crippen LogP contribution is 2.16. The fourth-order valence-electron chi connectivity index (χ4n) is 1.56. The van der Waals surface area contributed by atoms with Crippen LogP contribution in [0.25, 0.3) is 5.82 Å². The number of hydrogen-bond acceptors (Lipinski definition) is 8. The zero-order valence-corrected chi connectivity index (χ0v) is 10.8. The molecule has 0 aliphatic carbocycles. The number of nitrogens with two attached hydrogens (primary N) is 1. The van der Waals surface area contributed by atoms with Gasteiger partial charge < -0.3 is 10.5 Å². The van der Waals surface area contributed by atoms with E-state index in [1.54, 1.807) is 13.8 Å². The summed E-state index contributed by atoms with van der Waals surface area (Å²) < 4.78 is 10.9. The molecule has 0 aromatic carbocycles. The Morgan fingerprint density at radius 3 is 2.74 bits per heavy atom. The van der Waals surface area contributed by atoms with Gasteiger partial charge in [0.15, 0.2) is 5.69 Å². The molecular weight excluding hydrogens is 252 g/mol. The van der Waals surface area contributed by atoms with Crippen LogP contribution >= 0.6 is 0 Å². The molecule has 2 rings (SSSR count). The molecule has 9 heteroatoms. The number of nitrogen functional groups attached to an aromatic ring is 1. The van der Waals surface area contributed by atoms with Gasteiger partial charge in [-0.25, -0.2) is 9.42 Å². The van der Waals surface area contributed by atoms with Crippen LogP contribution in [0, 0.1) is 0 Å². The summed E-state index contributed by atoms with van der Waals surface area (Å²) >= 11 is 0. The molecule has 19 heavy (non-hydrogen) atoms. The van der Waals surface area contributed by atoms with Crippen molar-refractivity contribution in [1.29, 1.82) is 0 Å². The highest BCUT2D eigenvalue weighted by molar-refractivity contribution is 5.88. The molecule has 0 fully saturated rings. The Hall–Kier alpha value is -2.45. The zero-order valence-electron chi connectivity index (χ0n) is 10.8. The van der Waals surface area contributed by atoms with E-state index in [4.69, 9.17) is 10.5 Å². The Morgan fingerprint density at radius 1 is 1.47 bits per heavy atom. The van der Waals surface area contributed by atoms with Gasteiger partial charge in [0.25, 0.3) is 0 Å². The number of esters is 1. The molecule has 0 aliphatic heterocycles. The van der Waals surface area contributed by atoms with Gasteiger partial charge in [-0.15, -0.1) is 5.10 Å². The van der Waals surface area contributed by atoms with Crippen LogP contribution < -0.4 is 5.73 Å². The Bertz CT molecular complexity index is 588. The van der Waals surface area contributed by atoms with Crippen molar-refractivity contribution in [2.75, 3.05) is 5.73 Å². The fourth-order valence-corrected chi connectivity index (χ4v) is 1.56. The van der Waals surface area contributed by atoms with E-state index >= 15 is 0 Å². The SMILES string of the molecule is CCc1c(C(=O)OC(C)C)nnn1-c1nonc1N. The summed E-state index contributed by atoms with van der Waals surface area (Å²) in [6, 6.07) is 0. The topological polar surface area (TPSA) is 122 Å². The van der Waals surface area contributed by atoms with Crippen molar-refractivity contribution in [2.24, 2.45) is 0 Å². The van der Waals surface area contributed by atoms with Crippen molar-refractivity contribution in [1.82, 2.24) is 25.3 Å². The maximum Gasteiger partial charge on any atom is 0.361 e. The summed E-state index contributed by atoms with van der Waals surface area (Å²) in [5.41, 5.74) is 6.26. The minimum atomic E-state index is -0.534. The first-order valence-corrected chi connectivity index (χ1v) is 5.78. The second-order valence-electron chi connectivity index (χ2n) is 4.08. The number of carbonyl (C=O) groups excluding carboxylic acids is 1. The van der Waals surface area contributed by atoms with Gasteiger partial charge in [-0.3, -0.25) is 0 Å². The zero-order chi connectivity index (χ0) is 14.0. The predicted octanol–water partition coefficient (Wildman–Crippen LogP) is 0.360. The van der Waals surface area contributed by atoms with Crippen LogP contribution in [0.15, 0.2) is 4.63 Å². The number of carbonyl (C=O) groups is 1. The van der Waals surface area contributed by atoms with E-state index in [-0.39, 0.29) is 23.4 Å². The molecule has 0 radical (unpaired) electrons. The summed E-state index contributed by atoms with van der Waals surface area (Å²) in [5.74, 6) is -0.260. The van der Waals surface area contributed by atoms with Gasteiger partial charge >= 0.3 is 5.97 Å². The van der Waals surface area contributed by atoms with Gasteiger partial charge in [-0.1, -0.05) is 12.1 Å². The Balaban J connectivity index is 2.41. The minimum Gasteiger partial charge on any atom is -0.458 e. The molecule has 2 aromatic rings. The minimum absolute atomic E-state index is 0.0726.